The van der Waals surface area contributed by atoms with Gasteiger partial charge in [0.1, 0.15) is 6.04 Å². The van der Waals surface area contributed by atoms with Crippen LogP contribution in [0, 0.1) is 6.92 Å². The smallest absolute Gasteiger partial charge is 0.279 e. The molecule has 8 heteroatoms. The number of hydrogen-bond acceptors (Lipinski definition) is 5. The van der Waals surface area contributed by atoms with Crippen LogP contribution in [-0.2, 0) is 10.2 Å². The van der Waals surface area contributed by atoms with Crippen molar-refractivity contribution >= 4 is 10.2 Å². The van der Waals surface area contributed by atoms with Crippen molar-refractivity contribution in [3.8, 4) is 0 Å². The molecule has 0 aliphatic heterocycles. The summed E-state index contributed by atoms with van der Waals surface area (Å²) in [4.78, 5) is 0. The molecule has 0 aliphatic carbocycles. The molecule has 1 unspecified atom stereocenters. The molecule has 7 nitrogen and oxygen atoms in total. The Morgan fingerprint density at radius 1 is 1.20 bits per heavy atom. The van der Waals surface area contributed by atoms with Gasteiger partial charge in [-0.15, -0.1) is 10.2 Å². The fraction of sp³-hybridized carbons (Fsp3) is 0.333. The molecule has 1 atom stereocenters. The molecule has 0 aliphatic rings. The van der Waals surface area contributed by atoms with E-state index in [9.17, 15) is 8.42 Å². The van der Waals surface area contributed by atoms with Crippen LogP contribution in [0.1, 0.15) is 23.4 Å². The maximum absolute atomic E-state index is 12.0. The number of nitrogens with zero attached hydrogens (tertiary/aromatic N) is 3. The minimum atomic E-state index is -3.63. The highest BCUT2D eigenvalue weighted by molar-refractivity contribution is 7.87. The Morgan fingerprint density at radius 3 is 2.35 bits per heavy atom. The van der Waals surface area contributed by atoms with Gasteiger partial charge in [0.2, 0.25) is 11.8 Å². The first-order chi connectivity index (χ1) is 9.40. The van der Waals surface area contributed by atoms with Crippen LogP contribution < -0.4 is 4.72 Å². The lowest BCUT2D eigenvalue weighted by Crippen LogP contribution is -2.38. The van der Waals surface area contributed by atoms with Crippen LogP contribution in [-0.4, -0.2) is 37.0 Å². The summed E-state index contributed by atoms with van der Waals surface area (Å²) in [5, 5.41) is 7.65. The molecule has 108 valence electrons. The van der Waals surface area contributed by atoms with Gasteiger partial charge in [-0.2, -0.15) is 17.4 Å². The van der Waals surface area contributed by atoms with Crippen molar-refractivity contribution in [3.63, 3.8) is 0 Å². The lowest BCUT2D eigenvalue weighted by Gasteiger charge is -2.18. The predicted molar refractivity (Wildman–Crippen MR) is 73.1 cm³/mol. The van der Waals surface area contributed by atoms with Gasteiger partial charge in [-0.1, -0.05) is 30.3 Å². The number of aryl methyl sites for hydroxylation is 1. The van der Waals surface area contributed by atoms with Crippen LogP contribution in [0.25, 0.3) is 0 Å². The third-order valence-electron chi connectivity index (χ3n) is 2.67. The number of rotatable bonds is 5. The SMILES string of the molecule is Cc1nnc(C(NS(=O)(=O)N(C)C)c2ccccc2)o1. The van der Waals surface area contributed by atoms with E-state index in [4.69, 9.17) is 4.42 Å². The zero-order valence-corrected chi connectivity index (χ0v) is 12.3. The van der Waals surface area contributed by atoms with Crippen LogP contribution in [0.3, 0.4) is 0 Å². The molecular weight excluding hydrogens is 280 g/mol. The van der Waals surface area contributed by atoms with E-state index in [1.807, 2.05) is 18.2 Å². The third-order valence-corrected chi connectivity index (χ3v) is 4.16. The minimum absolute atomic E-state index is 0.208. The summed E-state index contributed by atoms with van der Waals surface area (Å²) in [7, 11) is -0.733. The second-order valence-electron chi connectivity index (χ2n) is 4.41. The van der Waals surface area contributed by atoms with E-state index in [1.54, 1.807) is 19.1 Å². The topological polar surface area (TPSA) is 88.3 Å². The van der Waals surface area contributed by atoms with Gasteiger partial charge in [-0.05, 0) is 5.56 Å². The highest BCUT2D eigenvalue weighted by Crippen LogP contribution is 2.22. The summed E-state index contributed by atoms with van der Waals surface area (Å²) < 4.78 is 33.0. The van der Waals surface area contributed by atoms with Gasteiger partial charge in [0.05, 0.1) is 0 Å². The summed E-state index contributed by atoms with van der Waals surface area (Å²) in [6, 6.07) is 8.35. The molecule has 0 bridgehead atoms. The maximum Gasteiger partial charge on any atom is 0.279 e. The summed E-state index contributed by atoms with van der Waals surface area (Å²) in [5.74, 6) is 0.587. The van der Waals surface area contributed by atoms with Crippen molar-refractivity contribution in [1.82, 2.24) is 19.2 Å². The van der Waals surface area contributed by atoms with Crippen molar-refractivity contribution in [2.75, 3.05) is 14.1 Å². The van der Waals surface area contributed by atoms with Crippen molar-refractivity contribution < 1.29 is 12.8 Å². The lowest BCUT2D eigenvalue weighted by atomic mass is 10.1. The molecule has 1 heterocycles. The van der Waals surface area contributed by atoms with Crippen molar-refractivity contribution in [3.05, 3.63) is 47.7 Å². The van der Waals surface area contributed by atoms with Gasteiger partial charge >= 0.3 is 0 Å². The Bertz CT molecular complexity index is 667. The van der Waals surface area contributed by atoms with Gasteiger partial charge in [-0.25, -0.2) is 0 Å². The second kappa shape index (κ2) is 5.70. The van der Waals surface area contributed by atoms with Crippen LogP contribution in [0.5, 0.6) is 0 Å². The highest BCUT2D eigenvalue weighted by Gasteiger charge is 2.26. The molecule has 2 aromatic rings. The molecule has 0 saturated heterocycles. The minimum Gasteiger partial charge on any atom is -0.423 e. The second-order valence-corrected chi connectivity index (χ2v) is 6.32. The molecule has 0 fully saturated rings. The monoisotopic (exact) mass is 296 g/mol. The van der Waals surface area contributed by atoms with E-state index in [2.05, 4.69) is 14.9 Å². The fourth-order valence-electron chi connectivity index (χ4n) is 1.59. The summed E-state index contributed by atoms with van der Waals surface area (Å²) in [6.07, 6.45) is 0. The molecule has 1 N–H and O–H groups in total. The number of aromatic nitrogens is 2. The van der Waals surface area contributed by atoms with Crippen LogP contribution in [0.4, 0.5) is 0 Å². The molecule has 0 saturated carbocycles. The zero-order chi connectivity index (χ0) is 14.8. The molecule has 20 heavy (non-hydrogen) atoms. The molecule has 0 amide bonds. The van der Waals surface area contributed by atoms with E-state index in [1.165, 1.54) is 14.1 Å². The van der Waals surface area contributed by atoms with Gasteiger partial charge < -0.3 is 4.42 Å². The molecular formula is C12H16N4O3S. The van der Waals surface area contributed by atoms with Crippen molar-refractivity contribution in [2.24, 2.45) is 0 Å². The first kappa shape index (κ1) is 14.6. The Kier molecular flexibility index (Phi) is 4.17. The highest BCUT2D eigenvalue weighted by atomic mass is 32.2. The Balaban J connectivity index is 2.41. The van der Waals surface area contributed by atoms with Gasteiger partial charge in [0.15, 0.2) is 0 Å². The Hall–Kier alpha value is -1.77. The number of benzene rings is 1. The van der Waals surface area contributed by atoms with E-state index in [0.29, 0.717) is 5.89 Å². The third kappa shape index (κ3) is 3.21. The first-order valence-corrected chi connectivity index (χ1v) is 7.39. The predicted octanol–water partition coefficient (Wildman–Crippen LogP) is 0.863. The number of nitrogens with one attached hydrogen (secondary N) is 1. The standard InChI is InChI=1S/C12H16N4O3S/c1-9-13-14-12(19-9)11(10-7-5-4-6-8-10)15-20(17,18)16(2)3/h4-8,11,15H,1-3H3. The summed E-state index contributed by atoms with van der Waals surface area (Å²) >= 11 is 0. The summed E-state index contributed by atoms with van der Waals surface area (Å²) in [6.45, 7) is 1.65. The van der Waals surface area contributed by atoms with Crippen molar-refractivity contribution in [1.29, 1.82) is 0 Å². The quantitative estimate of drug-likeness (QED) is 0.884. The molecule has 1 aromatic carbocycles. The fourth-order valence-corrected chi connectivity index (χ4v) is 2.33. The van der Waals surface area contributed by atoms with Crippen LogP contribution >= 0.6 is 0 Å². The zero-order valence-electron chi connectivity index (χ0n) is 11.4. The average Bonchev–Trinajstić information content (AvgIpc) is 2.83. The lowest BCUT2D eigenvalue weighted by molar-refractivity contribution is 0.427. The maximum atomic E-state index is 12.0. The largest absolute Gasteiger partial charge is 0.423 e. The summed E-state index contributed by atoms with van der Waals surface area (Å²) in [5.41, 5.74) is 0.724. The van der Waals surface area contributed by atoms with Gasteiger partial charge in [0, 0.05) is 21.0 Å². The molecule has 0 spiro atoms. The first-order valence-electron chi connectivity index (χ1n) is 5.95. The van der Waals surface area contributed by atoms with E-state index in [0.717, 1.165) is 9.87 Å². The van der Waals surface area contributed by atoms with Crippen LogP contribution in [0.15, 0.2) is 34.7 Å². The Morgan fingerprint density at radius 2 is 1.85 bits per heavy atom. The average molecular weight is 296 g/mol. The molecule has 2 rings (SSSR count). The normalized spacial score (nSPS) is 13.6. The van der Waals surface area contributed by atoms with E-state index >= 15 is 0 Å². The van der Waals surface area contributed by atoms with Crippen LogP contribution in [0.2, 0.25) is 0 Å². The van der Waals surface area contributed by atoms with Gasteiger partial charge in [-0.3, -0.25) is 0 Å². The Labute approximate surface area is 117 Å². The van der Waals surface area contributed by atoms with E-state index < -0.39 is 16.3 Å². The van der Waals surface area contributed by atoms with E-state index in [-0.39, 0.29) is 5.89 Å². The molecule has 0 radical (unpaired) electrons. The number of hydrogen-bond donors (Lipinski definition) is 1. The van der Waals surface area contributed by atoms with Gasteiger partial charge in [0.25, 0.3) is 10.2 Å². The molecule has 1 aromatic heterocycles. The van der Waals surface area contributed by atoms with Crippen molar-refractivity contribution in [2.45, 2.75) is 13.0 Å².